The third kappa shape index (κ3) is 2.83. The van der Waals surface area contributed by atoms with Gasteiger partial charge in [0.05, 0.1) is 39.0 Å². The fourth-order valence-corrected chi connectivity index (χ4v) is 6.27. The first-order valence-electron chi connectivity index (χ1n) is 13.4. The molecule has 0 aliphatic heterocycles. The highest BCUT2D eigenvalue weighted by Crippen LogP contribution is 2.40. The zero-order chi connectivity index (χ0) is 26.2. The van der Waals surface area contributed by atoms with Gasteiger partial charge in [0.15, 0.2) is 0 Å². The van der Waals surface area contributed by atoms with E-state index in [4.69, 9.17) is 9.97 Å². The monoisotopic (exact) mass is 511 g/mol. The third-order valence-electron chi connectivity index (χ3n) is 7.94. The van der Waals surface area contributed by atoms with Gasteiger partial charge in [-0.3, -0.25) is 14.0 Å². The molecule has 0 saturated heterocycles. The number of aromatic nitrogens is 5. The first kappa shape index (κ1) is 21.4. The lowest BCUT2D eigenvalue weighted by Crippen LogP contribution is -2.01. The van der Waals surface area contributed by atoms with E-state index in [-0.39, 0.29) is 0 Å². The molecule has 186 valence electrons. The fourth-order valence-electron chi connectivity index (χ4n) is 6.27. The number of fused-ring (bicyclic) bond motifs is 12. The van der Waals surface area contributed by atoms with Crippen LogP contribution in [0.15, 0.2) is 128 Å². The quantitative estimate of drug-likeness (QED) is 0.219. The maximum absolute atomic E-state index is 5.16. The molecule has 0 spiro atoms. The molecule has 5 heterocycles. The van der Waals surface area contributed by atoms with Crippen LogP contribution in [0.1, 0.15) is 0 Å². The van der Waals surface area contributed by atoms with Crippen molar-refractivity contribution in [1.29, 1.82) is 0 Å². The highest BCUT2D eigenvalue weighted by molar-refractivity contribution is 6.24. The second kappa shape index (κ2) is 7.98. The van der Waals surface area contributed by atoms with Gasteiger partial charge in [0.2, 0.25) is 0 Å². The minimum atomic E-state index is 0.841. The molecule has 0 N–H and O–H groups in total. The number of para-hydroxylation sites is 3. The molecule has 0 aliphatic carbocycles. The number of benzene rings is 4. The van der Waals surface area contributed by atoms with E-state index in [1.54, 1.807) is 0 Å². The van der Waals surface area contributed by atoms with E-state index in [1.165, 1.54) is 21.5 Å². The van der Waals surface area contributed by atoms with E-state index in [0.29, 0.717) is 0 Å². The van der Waals surface area contributed by atoms with E-state index < -0.39 is 0 Å². The van der Waals surface area contributed by atoms with Crippen molar-refractivity contribution in [3.8, 4) is 17.2 Å². The molecule has 9 rings (SSSR count). The number of rotatable bonds is 2. The maximum atomic E-state index is 5.16. The number of imidazole rings is 1. The van der Waals surface area contributed by atoms with Crippen LogP contribution in [0.3, 0.4) is 0 Å². The van der Waals surface area contributed by atoms with Gasteiger partial charge < -0.3 is 0 Å². The van der Waals surface area contributed by atoms with Crippen LogP contribution in [0.25, 0.3) is 77.4 Å². The first-order chi connectivity index (χ1) is 19.9. The van der Waals surface area contributed by atoms with Gasteiger partial charge in [-0.1, -0.05) is 78.9 Å². The van der Waals surface area contributed by atoms with E-state index >= 15 is 0 Å². The van der Waals surface area contributed by atoms with Crippen LogP contribution >= 0.6 is 0 Å². The highest BCUT2D eigenvalue weighted by Gasteiger charge is 2.21. The minimum absolute atomic E-state index is 0.841. The Balaban J connectivity index is 1.54. The Hall–Kier alpha value is -5.55. The zero-order valence-corrected chi connectivity index (χ0v) is 21.4. The van der Waals surface area contributed by atoms with E-state index in [1.807, 2.05) is 30.5 Å². The minimum Gasteiger partial charge on any atom is -0.292 e. The summed E-state index contributed by atoms with van der Waals surface area (Å²) in [6.45, 7) is 0. The van der Waals surface area contributed by atoms with Crippen molar-refractivity contribution in [2.45, 2.75) is 0 Å². The molecule has 0 saturated carbocycles. The highest BCUT2D eigenvalue weighted by atomic mass is 15.1. The largest absolute Gasteiger partial charge is 0.292 e. The van der Waals surface area contributed by atoms with Gasteiger partial charge in [0, 0.05) is 27.7 Å². The Morgan fingerprint density at radius 3 is 2.00 bits per heavy atom. The van der Waals surface area contributed by atoms with Crippen LogP contribution in [0.4, 0.5) is 0 Å². The van der Waals surface area contributed by atoms with Gasteiger partial charge in [-0.2, -0.15) is 0 Å². The van der Waals surface area contributed by atoms with Gasteiger partial charge in [-0.15, -0.1) is 0 Å². The average Bonchev–Trinajstić information content (AvgIpc) is 3.58. The summed E-state index contributed by atoms with van der Waals surface area (Å²) in [6.07, 6.45) is 1.81. The summed E-state index contributed by atoms with van der Waals surface area (Å²) in [5, 5.41) is 5.89. The fraction of sp³-hybridized carbons (Fsp3) is 0. The lowest BCUT2D eigenvalue weighted by Gasteiger charge is -2.14. The van der Waals surface area contributed by atoms with Gasteiger partial charge in [-0.25, -0.2) is 9.97 Å². The number of hydrogen-bond donors (Lipinski definition) is 0. The summed E-state index contributed by atoms with van der Waals surface area (Å²) < 4.78 is 4.65. The molecule has 5 nitrogen and oxygen atoms in total. The smallest absolute Gasteiger partial charge is 0.146 e. The Morgan fingerprint density at radius 2 is 1.15 bits per heavy atom. The molecule has 9 aromatic rings. The molecule has 0 radical (unpaired) electrons. The molecule has 0 aliphatic rings. The van der Waals surface area contributed by atoms with Gasteiger partial charge in [0.25, 0.3) is 0 Å². The molecule has 5 aromatic heterocycles. The Labute approximate surface area is 228 Å². The van der Waals surface area contributed by atoms with Crippen molar-refractivity contribution in [2.24, 2.45) is 0 Å². The number of hydrogen-bond acceptors (Lipinski definition) is 3. The second-order valence-corrected chi connectivity index (χ2v) is 10.1. The molecule has 0 bridgehead atoms. The van der Waals surface area contributed by atoms with Crippen LogP contribution in [0, 0.1) is 0 Å². The van der Waals surface area contributed by atoms with Crippen molar-refractivity contribution in [1.82, 2.24) is 23.9 Å². The zero-order valence-electron chi connectivity index (χ0n) is 21.4. The molecule has 0 unspecified atom stereocenters. The predicted molar refractivity (Wildman–Crippen MR) is 163 cm³/mol. The Morgan fingerprint density at radius 1 is 0.450 bits per heavy atom. The average molecular weight is 512 g/mol. The summed E-state index contributed by atoms with van der Waals surface area (Å²) in [4.78, 5) is 14.9. The molecular formula is C35H21N5. The van der Waals surface area contributed by atoms with E-state index in [2.05, 4.69) is 111 Å². The summed E-state index contributed by atoms with van der Waals surface area (Å²) >= 11 is 0. The van der Waals surface area contributed by atoms with Crippen LogP contribution in [-0.4, -0.2) is 23.9 Å². The molecule has 0 fully saturated rings. The number of nitrogens with zero attached hydrogens (tertiary/aromatic N) is 5. The van der Waals surface area contributed by atoms with Crippen molar-refractivity contribution >= 4 is 60.2 Å². The van der Waals surface area contributed by atoms with E-state index in [0.717, 1.165) is 55.8 Å². The Kier molecular flexibility index (Phi) is 4.27. The van der Waals surface area contributed by atoms with Crippen molar-refractivity contribution in [3.05, 3.63) is 128 Å². The van der Waals surface area contributed by atoms with Crippen LogP contribution < -0.4 is 0 Å². The Bertz CT molecular complexity index is 2430. The van der Waals surface area contributed by atoms with E-state index in [9.17, 15) is 0 Å². The predicted octanol–water partition coefficient (Wildman–Crippen LogP) is 8.35. The summed E-state index contributed by atoms with van der Waals surface area (Å²) in [7, 11) is 0. The first-order valence-corrected chi connectivity index (χ1v) is 13.4. The second-order valence-electron chi connectivity index (χ2n) is 10.1. The van der Waals surface area contributed by atoms with Crippen molar-refractivity contribution in [2.75, 3.05) is 0 Å². The van der Waals surface area contributed by atoms with Gasteiger partial charge >= 0.3 is 0 Å². The summed E-state index contributed by atoms with van der Waals surface area (Å²) in [5.74, 6) is 0.854. The molecule has 0 amide bonds. The number of pyridine rings is 3. The molecule has 0 atom stereocenters. The topological polar surface area (TPSA) is 48.0 Å². The normalized spacial score (nSPS) is 12.0. The van der Waals surface area contributed by atoms with Crippen LogP contribution in [0.5, 0.6) is 0 Å². The lowest BCUT2D eigenvalue weighted by molar-refractivity contribution is 1.08. The third-order valence-corrected chi connectivity index (χ3v) is 7.94. The SMILES string of the molecule is c1ccc(-c2cccc(-n3c4ccccc4c4ccc5c6ccccc6c6nc7ccccc7n6c5c43)n2)nc1. The summed E-state index contributed by atoms with van der Waals surface area (Å²) in [5.41, 5.74) is 8.08. The standard InChI is InChI=1S/C35H21N5/c1-2-12-26-22(10-1)24-19-20-25-23-11-3-5-16-30(23)39(32-18-9-15-28(37-32)27-13-7-8-21-36-27)33(25)34(24)40-31-17-6-4-14-29(31)38-35(26)40/h1-21H. The lowest BCUT2D eigenvalue weighted by atomic mass is 10.0. The van der Waals surface area contributed by atoms with Gasteiger partial charge in [0.1, 0.15) is 11.5 Å². The molecule has 5 heteroatoms. The molecule has 40 heavy (non-hydrogen) atoms. The van der Waals surface area contributed by atoms with Gasteiger partial charge in [-0.05, 0) is 47.9 Å². The molecular weight excluding hydrogens is 490 g/mol. The van der Waals surface area contributed by atoms with Crippen molar-refractivity contribution < 1.29 is 0 Å². The van der Waals surface area contributed by atoms with Crippen LogP contribution in [0.2, 0.25) is 0 Å². The summed E-state index contributed by atoms with van der Waals surface area (Å²) in [6, 6.07) is 42.2. The maximum Gasteiger partial charge on any atom is 0.146 e. The molecule has 4 aromatic carbocycles. The van der Waals surface area contributed by atoms with Crippen LogP contribution in [-0.2, 0) is 0 Å². The van der Waals surface area contributed by atoms with Crippen molar-refractivity contribution in [3.63, 3.8) is 0 Å².